The maximum Gasteiger partial charge on any atom is 0.255 e. The Morgan fingerprint density at radius 1 is 0.944 bits per heavy atom. The van der Waals surface area contributed by atoms with Gasteiger partial charge in [-0.05, 0) is 69.5 Å². The van der Waals surface area contributed by atoms with Gasteiger partial charge in [-0.15, -0.1) is 12.4 Å². The average molecular weight is 509 g/mol. The zero-order valence-electron chi connectivity index (χ0n) is 22.5. The second-order valence-corrected chi connectivity index (χ2v) is 9.77. The maximum atomic E-state index is 13.3. The van der Waals surface area contributed by atoms with Gasteiger partial charge in [0.1, 0.15) is 0 Å². The fourth-order valence-electron chi connectivity index (χ4n) is 5.25. The first-order chi connectivity index (χ1) is 16.9. The number of rotatable bonds is 8. The molecular weight excluding hydrogens is 468 g/mol. The predicted octanol–water partition coefficient (Wildman–Crippen LogP) is 5.81. The lowest BCUT2D eigenvalue weighted by atomic mass is 10.1. The second-order valence-electron chi connectivity index (χ2n) is 9.77. The zero-order chi connectivity index (χ0) is 24.9. The smallest absolute Gasteiger partial charge is 0.255 e. The molecule has 1 aliphatic rings. The quantitative estimate of drug-likeness (QED) is 0.385. The monoisotopic (exact) mass is 508 g/mol. The highest BCUT2D eigenvalue weighted by atomic mass is 35.5. The van der Waals surface area contributed by atoms with E-state index in [1.54, 1.807) is 0 Å². The molecule has 3 aromatic rings. The van der Waals surface area contributed by atoms with E-state index >= 15 is 0 Å². The first kappa shape index (κ1) is 27.8. The van der Waals surface area contributed by atoms with Crippen LogP contribution in [0.3, 0.4) is 0 Å². The molecule has 2 heterocycles. The summed E-state index contributed by atoms with van der Waals surface area (Å²) in [7, 11) is 1.94. The number of carbonyl (C=O) groups excluding carboxylic acids is 1. The van der Waals surface area contributed by atoms with Crippen LogP contribution in [0.5, 0.6) is 0 Å². The average Bonchev–Trinajstić information content (AvgIpc) is 3.22. The third-order valence-electron chi connectivity index (χ3n) is 7.59. The van der Waals surface area contributed by atoms with Gasteiger partial charge in [0.25, 0.3) is 5.91 Å². The van der Waals surface area contributed by atoms with Crippen molar-refractivity contribution in [3.05, 3.63) is 77.0 Å². The first-order valence-corrected chi connectivity index (χ1v) is 12.9. The molecule has 0 spiro atoms. The number of hydrogen-bond acceptors (Lipinski definition) is 3. The number of halogens is 1. The molecule has 0 aliphatic carbocycles. The van der Waals surface area contributed by atoms with Crippen LogP contribution < -0.4 is 4.90 Å². The van der Waals surface area contributed by atoms with Gasteiger partial charge in [-0.2, -0.15) is 0 Å². The molecule has 0 radical (unpaired) electrons. The van der Waals surface area contributed by atoms with Crippen LogP contribution in [0.2, 0.25) is 0 Å². The van der Waals surface area contributed by atoms with E-state index in [0.29, 0.717) is 0 Å². The third kappa shape index (κ3) is 5.96. The van der Waals surface area contributed by atoms with E-state index in [1.807, 2.05) is 30.1 Å². The third-order valence-corrected chi connectivity index (χ3v) is 7.59. The van der Waals surface area contributed by atoms with Crippen LogP contribution in [0.1, 0.15) is 40.5 Å². The molecule has 194 valence electrons. The summed E-state index contributed by atoms with van der Waals surface area (Å²) in [5.41, 5.74) is 8.25. The summed E-state index contributed by atoms with van der Waals surface area (Å²) < 4.78 is 2.24. The Morgan fingerprint density at radius 3 is 2.31 bits per heavy atom. The van der Waals surface area contributed by atoms with Gasteiger partial charge in [-0.3, -0.25) is 9.69 Å². The molecule has 1 saturated heterocycles. The van der Waals surface area contributed by atoms with E-state index < -0.39 is 0 Å². The number of aryl methyl sites for hydroxylation is 1. The number of amides is 1. The fraction of sp³-hybridized carbons (Fsp3) is 0.433. The van der Waals surface area contributed by atoms with Gasteiger partial charge < -0.3 is 14.4 Å². The molecule has 2 aromatic carbocycles. The highest BCUT2D eigenvalue weighted by Gasteiger charge is 2.22. The summed E-state index contributed by atoms with van der Waals surface area (Å²) in [6.45, 7) is 15.5. The van der Waals surface area contributed by atoms with Gasteiger partial charge in [0.05, 0.1) is 5.56 Å². The Hall–Kier alpha value is -2.76. The molecule has 0 N–H and O–H groups in total. The van der Waals surface area contributed by atoms with Gasteiger partial charge in [-0.25, -0.2) is 0 Å². The van der Waals surface area contributed by atoms with Crippen molar-refractivity contribution in [1.82, 2.24) is 14.4 Å². The molecule has 1 aromatic heterocycles. The highest BCUT2D eigenvalue weighted by Crippen LogP contribution is 2.27. The number of anilines is 1. The van der Waals surface area contributed by atoms with Crippen LogP contribution in [-0.4, -0.2) is 66.6 Å². The van der Waals surface area contributed by atoms with Crippen molar-refractivity contribution >= 4 is 24.0 Å². The van der Waals surface area contributed by atoms with Gasteiger partial charge in [0, 0.05) is 63.4 Å². The summed E-state index contributed by atoms with van der Waals surface area (Å²) in [6, 6.07) is 19.0. The Bertz CT molecular complexity index is 1150. The predicted molar refractivity (Wildman–Crippen MR) is 154 cm³/mol. The van der Waals surface area contributed by atoms with Crippen molar-refractivity contribution < 1.29 is 4.79 Å². The molecule has 0 saturated carbocycles. The molecule has 4 rings (SSSR count). The molecule has 1 amide bonds. The highest BCUT2D eigenvalue weighted by molar-refractivity contribution is 5.96. The molecule has 1 fully saturated rings. The van der Waals surface area contributed by atoms with E-state index in [-0.39, 0.29) is 18.3 Å². The lowest BCUT2D eigenvalue weighted by Crippen LogP contribution is -2.47. The number of aromatic nitrogens is 1. The van der Waals surface area contributed by atoms with E-state index in [9.17, 15) is 4.79 Å². The summed E-state index contributed by atoms with van der Waals surface area (Å²) >= 11 is 0. The van der Waals surface area contributed by atoms with Crippen LogP contribution in [0.4, 0.5) is 5.69 Å². The van der Waals surface area contributed by atoms with E-state index in [1.165, 1.54) is 16.8 Å². The topological polar surface area (TPSA) is 31.7 Å². The molecule has 0 atom stereocenters. The summed E-state index contributed by atoms with van der Waals surface area (Å²) in [4.78, 5) is 20.3. The largest absolute Gasteiger partial charge is 0.369 e. The minimum absolute atomic E-state index is 0. The van der Waals surface area contributed by atoms with Gasteiger partial charge in [0.15, 0.2) is 0 Å². The molecule has 0 bridgehead atoms. The SMILES string of the molecule is CCn1c(-c2ccccc2)cc(C(=O)N(C)CCCN2CCN(c3cccc(C)c3C)CC2)c1C.Cl. The fourth-order valence-corrected chi connectivity index (χ4v) is 5.25. The molecule has 1 aliphatic heterocycles. The standard InChI is InChI=1S/C30H40N4O.ClH/c1-6-34-25(4)27(22-29(34)26-13-8-7-9-14-26)30(35)31(5)16-11-17-32-18-20-33(21-19-32)28-15-10-12-23(2)24(28)3;/h7-10,12-15,22H,6,11,16-21H2,1-5H3;1H. The molecule has 5 nitrogen and oxygen atoms in total. The minimum atomic E-state index is 0. The zero-order valence-corrected chi connectivity index (χ0v) is 23.3. The molecular formula is C30H41ClN4O. The van der Waals surface area contributed by atoms with E-state index in [0.717, 1.165) is 74.7 Å². The Labute approximate surface area is 223 Å². The number of piperazine rings is 1. The second kappa shape index (κ2) is 12.5. The number of nitrogens with zero attached hydrogens (tertiary/aromatic N) is 4. The Kier molecular flexibility index (Phi) is 9.63. The van der Waals surface area contributed by atoms with Crippen molar-refractivity contribution in [1.29, 1.82) is 0 Å². The molecule has 6 heteroatoms. The molecule has 0 unspecified atom stereocenters. The molecule has 36 heavy (non-hydrogen) atoms. The van der Waals surface area contributed by atoms with Crippen LogP contribution >= 0.6 is 12.4 Å². The van der Waals surface area contributed by atoms with E-state index in [4.69, 9.17) is 0 Å². The van der Waals surface area contributed by atoms with Crippen LogP contribution in [-0.2, 0) is 6.54 Å². The summed E-state index contributed by atoms with van der Waals surface area (Å²) in [5, 5.41) is 0. The van der Waals surface area contributed by atoms with Crippen molar-refractivity contribution in [3.63, 3.8) is 0 Å². The summed E-state index contributed by atoms with van der Waals surface area (Å²) in [6.07, 6.45) is 0.991. The van der Waals surface area contributed by atoms with Gasteiger partial charge in [0.2, 0.25) is 0 Å². The van der Waals surface area contributed by atoms with Crippen molar-refractivity contribution in [2.24, 2.45) is 0 Å². The van der Waals surface area contributed by atoms with Crippen molar-refractivity contribution in [2.75, 3.05) is 51.2 Å². The van der Waals surface area contributed by atoms with Crippen LogP contribution in [0.15, 0.2) is 54.6 Å². The maximum absolute atomic E-state index is 13.3. The van der Waals surface area contributed by atoms with Crippen molar-refractivity contribution in [3.8, 4) is 11.3 Å². The number of hydrogen-bond donors (Lipinski definition) is 0. The minimum Gasteiger partial charge on any atom is -0.369 e. The number of carbonyl (C=O) groups is 1. The number of benzene rings is 2. The van der Waals surface area contributed by atoms with Crippen molar-refractivity contribution in [2.45, 2.75) is 40.7 Å². The Morgan fingerprint density at radius 2 is 1.64 bits per heavy atom. The van der Waals surface area contributed by atoms with E-state index in [2.05, 4.69) is 78.5 Å². The van der Waals surface area contributed by atoms with Gasteiger partial charge >= 0.3 is 0 Å². The van der Waals surface area contributed by atoms with Crippen LogP contribution in [0.25, 0.3) is 11.3 Å². The Balaban J connectivity index is 0.00000361. The first-order valence-electron chi connectivity index (χ1n) is 12.9. The summed E-state index contributed by atoms with van der Waals surface area (Å²) in [5.74, 6) is 0.117. The van der Waals surface area contributed by atoms with Gasteiger partial charge in [-0.1, -0.05) is 42.5 Å². The van der Waals surface area contributed by atoms with Crippen LogP contribution in [0, 0.1) is 20.8 Å². The normalized spacial score (nSPS) is 14.0. The lowest BCUT2D eigenvalue weighted by Gasteiger charge is -2.37. The lowest BCUT2D eigenvalue weighted by molar-refractivity contribution is 0.0787.